The summed E-state index contributed by atoms with van der Waals surface area (Å²) < 4.78 is 8.40. The Hall–Kier alpha value is -1.19. The fraction of sp³-hybridized carbons (Fsp3) is 0.438. The van der Waals surface area contributed by atoms with E-state index in [4.69, 9.17) is 4.74 Å². The lowest BCUT2D eigenvalue weighted by Crippen LogP contribution is -2.30. The maximum Gasteiger partial charge on any atom is 0.340 e. The zero-order chi connectivity index (χ0) is 18.4. The molecule has 0 fully saturated rings. The second-order valence-electron chi connectivity index (χ2n) is 5.55. The zero-order valence-corrected chi connectivity index (χ0v) is 17.6. The molecule has 2 aromatic heterocycles. The van der Waals surface area contributed by atoms with Gasteiger partial charge in [-0.25, -0.2) is 9.59 Å². The Bertz CT molecular complexity index is 857. The molecule has 0 aromatic carbocycles. The highest BCUT2D eigenvalue weighted by Crippen LogP contribution is 2.32. The molecule has 0 spiro atoms. The van der Waals surface area contributed by atoms with Crippen molar-refractivity contribution in [2.24, 2.45) is 0 Å². The van der Waals surface area contributed by atoms with E-state index >= 15 is 0 Å². The monoisotopic (exact) mass is 492 g/mol. The molecule has 0 atom stereocenters. The maximum atomic E-state index is 11.9. The Balaban J connectivity index is 1.65. The molecular formula is C16H18Br2N2O4S. The molecule has 0 bridgehead atoms. The molecule has 0 radical (unpaired) electrons. The van der Waals surface area contributed by atoms with Gasteiger partial charge in [-0.2, -0.15) is 0 Å². The molecule has 0 amide bonds. The Morgan fingerprint density at radius 3 is 2.64 bits per heavy atom. The predicted molar refractivity (Wildman–Crippen MR) is 105 cm³/mol. The third-order valence-electron chi connectivity index (χ3n) is 3.59. The lowest BCUT2D eigenvalue weighted by molar-refractivity contribution is 0.0497. The lowest BCUT2D eigenvalue weighted by atomic mass is 10.2. The minimum absolute atomic E-state index is 0.330. The summed E-state index contributed by atoms with van der Waals surface area (Å²) in [7, 11) is 0. The van der Waals surface area contributed by atoms with Crippen LogP contribution >= 0.6 is 43.2 Å². The highest BCUT2D eigenvalue weighted by molar-refractivity contribution is 9.12. The standard InChI is InChI=1S/C16H18Br2N2O4S/c1-10-9-20(16(23)19-14(10)21)6-4-2-3-5-7-24-15(22)11-8-12(17)25-13(11)18/h8-9H,2-7H2,1H3,(H,19,21,23). The quantitative estimate of drug-likeness (QED) is 0.447. The number of aromatic nitrogens is 2. The third-order valence-corrected chi connectivity index (χ3v) is 5.93. The fourth-order valence-corrected chi connectivity index (χ4v) is 5.01. The summed E-state index contributed by atoms with van der Waals surface area (Å²) in [4.78, 5) is 37.2. The van der Waals surface area contributed by atoms with Crippen LogP contribution in [-0.4, -0.2) is 22.1 Å². The van der Waals surface area contributed by atoms with Crippen molar-refractivity contribution in [3.63, 3.8) is 0 Å². The van der Waals surface area contributed by atoms with E-state index in [2.05, 4.69) is 36.8 Å². The largest absolute Gasteiger partial charge is 0.462 e. The van der Waals surface area contributed by atoms with Crippen LogP contribution in [0.25, 0.3) is 0 Å². The predicted octanol–water partition coefficient (Wildman–Crippen LogP) is 3.85. The van der Waals surface area contributed by atoms with Crippen molar-refractivity contribution in [1.29, 1.82) is 0 Å². The molecule has 0 saturated carbocycles. The van der Waals surface area contributed by atoms with Crippen molar-refractivity contribution in [1.82, 2.24) is 9.55 Å². The number of aryl methyl sites for hydroxylation is 2. The molecule has 0 saturated heterocycles. The molecule has 2 aromatic rings. The summed E-state index contributed by atoms with van der Waals surface area (Å²) in [5.74, 6) is -0.330. The van der Waals surface area contributed by atoms with E-state index in [0.29, 0.717) is 24.3 Å². The van der Waals surface area contributed by atoms with Crippen LogP contribution in [0.1, 0.15) is 41.6 Å². The van der Waals surface area contributed by atoms with Crippen LogP contribution in [0.4, 0.5) is 0 Å². The number of hydrogen-bond acceptors (Lipinski definition) is 5. The van der Waals surface area contributed by atoms with Gasteiger partial charge in [0.05, 0.1) is 19.7 Å². The number of ether oxygens (including phenoxy) is 1. The molecule has 0 aliphatic carbocycles. The van der Waals surface area contributed by atoms with Crippen molar-refractivity contribution in [3.05, 3.63) is 51.8 Å². The number of H-pyrrole nitrogens is 1. The van der Waals surface area contributed by atoms with Gasteiger partial charge in [0.25, 0.3) is 5.56 Å². The van der Waals surface area contributed by atoms with Gasteiger partial charge in [-0.05, 0) is 64.1 Å². The molecule has 9 heteroatoms. The van der Waals surface area contributed by atoms with Gasteiger partial charge < -0.3 is 9.30 Å². The summed E-state index contributed by atoms with van der Waals surface area (Å²) in [6.07, 6.45) is 4.99. The van der Waals surface area contributed by atoms with E-state index < -0.39 is 0 Å². The molecule has 2 rings (SSSR count). The minimum atomic E-state index is -0.378. The number of unbranched alkanes of at least 4 members (excludes halogenated alkanes) is 3. The molecule has 0 aliphatic rings. The van der Waals surface area contributed by atoms with Crippen LogP contribution in [0.3, 0.4) is 0 Å². The summed E-state index contributed by atoms with van der Waals surface area (Å²) >= 11 is 8.10. The van der Waals surface area contributed by atoms with Gasteiger partial charge >= 0.3 is 11.7 Å². The molecule has 6 nitrogen and oxygen atoms in total. The Kier molecular flexibility index (Phi) is 7.64. The van der Waals surface area contributed by atoms with E-state index in [0.717, 1.165) is 33.3 Å². The van der Waals surface area contributed by atoms with Gasteiger partial charge in [0.2, 0.25) is 0 Å². The van der Waals surface area contributed by atoms with E-state index in [-0.39, 0.29) is 17.2 Å². The number of aromatic amines is 1. The number of rotatable bonds is 8. The van der Waals surface area contributed by atoms with Crippen LogP contribution in [0, 0.1) is 6.92 Å². The average molecular weight is 494 g/mol. The molecular weight excluding hydrogens is 476 g/mol. The number of thiophene rings is 1. The zero-order valence-electron chi connectivity index (χ0n) is 13.6. The summed E-state index contributed by atoms with van der Waals surface area (Å²) in [6.45, 7) is 2.61. The van der Waals surface area contributed by atoms with Crippen molar-refractivity contribution in [2.75, 3.05) is 6.61 Å². The fourth-order valence-electron chi connectivity index (χ4n) is 2.24. The number of carbonyl (C=O) groups is 1. The van der Waals surface area contributed by atoms with Crippen LogP contribution in [0.2, 0.25) is 0 Å². The normalized spacial score (nSPS) is 10.8. The second-order valence-corrected chi connectivity index (χ2v) is 9.30. The summed E-state index contributed by atoms with van der Waals surface area (Å²) in [6, 6.07) is 1.74. The van der Waals surface area contributed by atoms with Crippen LogP contribution in [0.15, 0.2) is 29.4 Å². The van der Waals surface area contributed by atoms with Gasteiger partial charge in [0.1, 0.15) is 0 Å². The smallest absolute Gasteiger partial charge is 0.340 e. The van der Waals surface area contributed by atoms with Crippen LogP contribution in [-0.2, 0) is 11.3 Å². The van der Waals surface area contributed by atoms with Gasteiger partial charge in [0, 0.05) is 18.3 Å². The van der Waals surface area contributed by atoms with Gasteiger partial charge in [0.15, 0.2) is 0 Å². The maximum absolute atomic E-state index is 11.9. The first-order chi connectivity index (χ1) is 11.9. The number of nitrogens with one attached hydrogen (secondary N) is 1. The van der Waals surface area contributed by atoms with Crippen LogP contribution < -0.4 is 11.2 Å². The molecule has 0 unspecified atom stereocenters. The number of nitrogens with zero attached hydrogens (tertiary/aromatic N) is 1. The molecule has 136 valence electrons. The first-order valence-corrected chi connectivity index (χ1v) is 10.2. The topological polar surface area (TPSA) is 81.2 Å². The first kappa shape index (κ1) is 20.1. The van der Waals surface area contributed by atoms with Gasteiger partial charge in [-0.15, -0.1) is 11.3 Å². The van der Waals surface area contributed by atoms with Gasteiger partial charge in [-0.3, -0.25) is 9.78 Å². The average Bonchev–Trinajstić information content (AvgIpc) is 2.89. The Morgan fingerprint density at radius 2 is 1.96 bits per heavy atom. The van der Waals surface area contributed by atoms with Crippen molar-refractivity contribution >= 4 is 49.2 Å². The number of halogens is 2. The highest BCUT2D eigenvalue weighted by Gasteiger charge is 2.14. The number of hydrogen-bond donors (Lipinski definition) is 1. The van der Waals surface area contributed by atoms with Crippen molar-refractivity contribution in [3.8, 4) is 0 Å². The molecule has 2 heterocycles. The van der Waals surface area contributed by atoms with E-state index in [1.807, 2.05) is 0 Å². The number of esters is 1. The lowest BCUT2D eigenvalue weighted by Gasteiger charge is -2.06. The Morgan fingerprint density at radius 1 is 1.24 bits per heavy atom. The summed E-state index contributed by atoms with van der Waals surface area (Å²) in [5, 5.41) is 0. The summed E-state index contributed by atoms with van der Waals surface area (Å²) in [5.41, 5.74) is 0.340. The third kappa shape index (κ3) is 5.93. The molecule has 25 heavy (non-hydrogen) atoms. The molecule has 0 aliphatic heterocycles. The Labute approximate surface area is 165 Å². The van der Waals surface area contributed by atoms with E-state index in [9.17, 15) is 14.4 Å². The van der Waals surface area contributed by atoms with E-state index in [1.165, 1.54) is 15.9 Å². The van der Waals surface area contributed by atoms with Gasteiger partial charge in [-0.1, -0.05) is 6.42 Å². The van der Waals surface area contributed by atoms with Crippen molar-refractivity contribution in [2.45, 2.75) is 39.2 Å². The second kappa shape index (κ2) is 9.49. The van der Waals surface area contributed by atoms with Crippen molar-refractivity contribution < 1.29 is 9.53 Å². The van der Waals surface area contributed by atoms with Crippen LogP contribution in [0.5, 0.6) is 0 Å². The SMILES string of the molecule is Cc1cn(CCCCCCOC(=O)c2cc(Br)sc2Br)c(=O)[nH]c1=O. The minimum Gasteiger partial charge on any atom is -0.462 e. The number of carbonyl (C=O) groups excluding carboxylic acids is 1. The first-order valence-electron chi connectivity index (χ1n) is 7.81. The van der Waals surface area contributed by atoms with E-state index in [1.54, 1.807) is 19.2 Å². The molecule has 1 N–H and O–H groups in total. The highest BCUT2D eigenvalue weighted by atomic mass is 79.9.